The van der Waals surface area contributed by atoms with E-state index in [0.717, 1.165) is 4.90 Å². The number of aliphatic hydroxyl groups excluding tert-OH is 1. The molecule has 1 rings (SSSR count). The third-order valence-corrected chi connectivity index (χ3v) is 2.85. The Hall–Kier alpha value is -1.60. The highest BCUT2D eigenvalue weighted by Gasteiger charge is 2.18. The van der Waals surface area contributed by atoms with Crippen LogP contribution in [0.1, 0.15) is 0 Å². The van der Waals surface area contributed by atoms with Gasteiger partial charge in [0.25, 0.3) is 0 Å². The number of aromatic nitrogens is 1. The smallest absolute Gasteiger partial charge is 0.328 e. The Balaban J connectivity index is 2.37. The van der Waals surface area contributed by atoms with Crippen molar-refractivity contribution in [3.05, 3.63) is 24.5 Å². The van der Waals surface area contributed by atoms with Gasteiger partial charge >= 0.3 is 5.97 Å². The Morgan fingerprint density at radius 2 is 2.06 bits per heavy atom. The summed E-state index contributed by atoms with van der Waals surface area (Å²) in [5, 5.41) is 19.5. The van der Waals surface area contributed by atoms with Crippen LogP contribution in [0.2, 0.25) is 0 Å². The molecule has 0 spiro atoms. The lowest BCUT2D eigenvalue weighted by Gasteiger charge is -2.11. The Morgan fingerprint density at radius 3 is 2.59 bits per heavy atom. The number of hydrogen-bond acceptors (Lipinski definition) is 5. The Labute approximate surface area is 102 Å². The van der Waals surface area contributed by atoms with Gasteiger partial charge in [0.1, 0.15) is 6.04 Å². The average Bonchev–Trinajstić information content (AvgIpc) is 2.34. The predicted octanol–water partition coefficient (Wildman–Crippen LogP) is -0.265. The summed E-state index contributed by atoms with van der Waals surface area (Å²) in [6.45, 7) is -0.624. The second kappa shape index (κ2) is 6.87. The summed E-state index contributed by atoms with van der Waals surface area (Å²) >= 11 is 1.27. The molecule has 7 heteroatoms. The molecule has 0 saturated heterocycles. The largest absolute Gasteiger partial charge is 0.480 e. The molecule has 0 aliphatic heterocycles. The van der Waals surface area contributed by atoms with Crippen molar-refractivity contribution in [2.45, 2.75) is 10.9 Å². The first-order valence-corrected chi connectivity index (χ1v) is 5.78. The van der Waals surface area contributed by atoms with Crippen molar-refractivity contribution < 1.29 is 19.8 Å². The van der Waals surface area contributed by atoms with Gasteiger partial charge in [0.05, 0.1) is 12.4 Å². The molecular weight excluding hydrogens is 244 g/mol. The molecule has 0 aliphatic rings. The third-order valence-electron chi connectivity index (χ3n) is 1.84. The van der Waals surface area contributed by atoms with Crippen LogP contribution >= 0.6 is 11.8 Å². The van der Waals surface area contributed by atoms with Gasteiger partial charge in [-0.25, -0.2) is 4.79 Å². The number of aliphatic carboxylic acids is 1. The Morgan fingerprint density at radius 1 is 1.41 bits per heavy atom. The van der Waals surface area contributed by atoms with Crippen LogP contribution in [0.3, 0.4) is 0 Å². The zero-order valence-corrected chi connectivity index (χ0v) is 9.68. The standard InChI is InChI=1S/C10H12N2O4S/c13-5-8(10(15)16)12-9(14)6-17-7-1-3-11-4-2-7/h1-4,8,13H,5-6H2,(H,12,14)(H,15,16). The molecule has 0 radical (unpaired) electrons. The fraction of sp³-hybridized carbons (Fsp3) is 0.300. The molecule has 0 aliphatic carbocycles. The highest BCUT2D eigenvalue weighted by Crippen LogP contribution is 2.15. The van der Waals surface area contributed by atoms with Crippen molar-refractivity contribution in [3.63, 3.8) is 0 Å². The van der Waals surface area contributed by atoms with Crippen LogP contribution in [-0.2, 0) is 9.59 Å². The molecule has 0 saturated carbocycles. The molecule has 1 heterocycles. The van der Waals surface area contributed by atoms with Gasteiger partial charge in [-0.3, -0.25) is 9.78 Å². The van der Waals surface area contributed by atoms with E-state index in [1.165, 1.54) is 11.8 Å². The molecule has 0 aromatic carbocycles. The molecule has 0 bridgehead atoms. The monoisotopic (exact) mass is 256 g/mol. The number of rotatable bonds is 6. The van der Waals surface area contributed by atoms with Crippen molar-refractivity contribution in [3.8, 4) is 0 Å². The molecule has 1 aromatic rings. The minimum atomic E-state index is -1.25. The normalized spacial score (nSPS) is 11.8. The number of amides is 1. The number of carboxylic acids is 1. The van der Waals surface area contributed by atoms with E-state index in [1.807, 2.05) is 0 Å². The molecule has 3 N–H and O–H groups in total. The van der Waals surface area contributed by atoms with E-state index < -0.39 is 24.5 Å². The Bertz CT molecular complexity index is 385. The highest BCUT2D eigenvalue weighted by molar-refractivity contribution is 8.00. The number of hydrogen-bond donors (Lipinski definition) is 3. The van der Waals surface area contributed by atoms with Gasteiger partial charge in [0.15, 0.2) is 0 Å². The molecular formula is C10H12N2O4S. The molecule has 1 amide bonds. The van der Waals surface area contributed by atoms with Gasteiger partial charge in [-0.2, -0.15) is 0 Å². The van der Waals surface area contributed by atoms with E-state index in [0.29, 0.717) is 0 Å². The summed E-state index contributed by atoms with van der Waals surface area (Å²) in [4.78, 5) is 26.6. The van der Waals surface area contributed by atoms with E-state index in [4.69, 9.17) is 10.2 Å². The van der Waals surface area contributed by atoms with Crippen LogP contribution in [0.25, 0.3) is 0 Å². The fourth-order valence-electron chi connectivity index (χ4n) is 1.00. The minimum absolute atomic E-state index is 0.0911. The maximum absolute atomic E-state index is 11.4. The van der Waals surface area contributed by atoms with Crippen LogP contribution in [0.4, 0.5) is 0 Å². The van der Waals surface area contributed by atoms with Gasteiger partial charge in [-0.15, -0.1) is 11.8 Å². The van der Waals surface area contributed by atoms with Gasteiger partial charge in [0.2, 0.25) is 5.91 Å². The van der Waals surface area contributed by atoms with Gasteiger partial charge in [0, 0.05) is 17.3 Å². The number of nitrogens with zero attached hydrogens (tertiary/aromatic N) is 1. The van der Waals surface area contributed by atoms with Crippen molar-refractivity contribution >= 4 is 23.6 Å². The van der Waals surface area contributed by atoms with Crippen LogP contribution in [0, 0.1) is 0 Å². The zero-order valence-electron chi connectivity index (χ0n) is 8.87. The van der Waals surface area contributed by atoms with Crippen molar-refractivity contribution in [2.24, 2.45) is 0 Å². The minimum Gasteiger partial charge on any atom is -0.480 e. The van der Waals surface area contributed by atoms with Gasteiger partial charge in [-0.05, 0) is 12.1 Å². The lowest BCUT2D eigenvalue weighted by Crippen LogP contribution is -2.44. The topological polar surface area (TPSA) is 99.5 Å². The summed E-state index contributed by atoms with van der Waals surface area (Å²) in [6, 6.07) is 2.25. The number of nitrogens with one attached hydrogen (secondary N) is 1. The van der Waals surface area contributed by atoms with Crippen molar-refractivity contribution in [1.82, 2.24) is 10.3 Å². The molecule has 0 fully saturated rings. The predicted molar refractivity (Wildman–Crippen MR) is 61.6 cm³/mol. The zero-order chi connectivity index (χ0) is 12.7. The molecule has 1 unspecified atom stereocenters. The number of aliphatic hydroxyl groups is 1. The second-order valence-electron chi connectivity index (χ2n) is 3.11. The first kappa shape index (κ1) is 13.5. The number of carbonyl (C=O) groups excluding carboxylic acids is 1. The second-order valence-corrected chi connectivity index (χ2v) is 4.16. The molecule has 92 valence electrons. The van der Waals surface area contributed by atoms with E-state index in [9.17, 15) is 9.59 Å². The average molecular weight is 256 g/mol. The summed E-state index contributed by atoms with van der Waals surface area (Å²) in [6.07, 6.45) is 3.21. The number of carboxylic acid groups (broad SMARTS) is 1. The van der Waals surface area contributed by atoms with Crippen LogP contribution in [0.15, 0.2) is 29.4 Å². The lowest BCUT2D eigenvalue weighted by molar-refractivity contribution is -0.142. The number of thioether (sulfide) groups is 1. The molecule has 6 nitrogen and oxygen atoms in total. The quantitative estimate of drug-likeness (QED) is 0.606. The maximum Gasteiger partial charge on any atom is 0.328 e. The first-order valence-electron chi connectivity index (χ1n) is 4.79. The lowest BCUT2D eigenvalue weighted by atomic mass is 10.3. The van der Waals surface area contributed by atoms with Gasteiger partial charge in [-0.1, -0.05) is 0 Å². The summed E-state index contributed by atoms with van der Waals surface area (Å²) in [5.41, 5.74) is 0. The number of carbonyl (C=O) groups is 2. The van der Waals surface area contributed by atoms with Gasteiger partial charge < -0.3 is 15.5 Å². The first-order chi connectivity index (χ1) is 8.13. The SMILES string of the molecule is O=C(CSc1ccncc1)NC(CO)C(=O)O. The fourth-order valence-corrected chi connectivity index (χ4v) is 1.70. The summed E-state index contributed by atoms with van der Waals surface area (Å²) in [7, 11) is 0. The molecule has 1 atom stereocenters. The van der Waals surface area contributed by atoms with E-state index in [-0.39, 0.29) is 5.75 Å². The number of pyridine rings is 1. The van der Waals surface area contributed by atoms with Crippen LogP contribution < -0.4 is 5.32 Å². The summed E-state index contributed by atoms with van der Waals surface area (Å²) < 4.78 is 0. The Kier molecular flexibility index (Phi) is 5.44. The summed E-state index contributed by atoms with van der Waals surface area (Å²) in [5.74, 6) is -1.60. The van der Waals surface area contributed by atoms with E-state index >= 15 is 0 Å². The van der Waals surface area contributed by atoms with Crippen molar-refractivity contribution in [1.29, 1.82) is 0 Å². The third kappa shape index (κ3) is 4.83. The van der Waals surface area contributed by atoms with Crippen LogP contribution in [0.5, 0.6) is 0 Å². The van der Waals surface area contributed by atoms with Crippen molar-refractivity contribution in [2.75, 3.05) is 12.4 Å². The highest BCUT2D eigenvalue weighted by atomic mass is 32.2. The maximum atomic E-state index is 11.4. The van der Waals surface area contributed by atoms with E-state index in [1.54, 1.807) is 24.5 Å². The molecule has 1 aromatic heterocycles. The van der Waals surface area contributed by atoms with E-state index in [2.05, 4.69) is 10.3 Å². The molecule has 17 heavy (non-hydrogen) atoms. The van der Waals surface area contributed by atoms with Crippen LogP contribution in [-0.4, -0.2) is 45.5 Å².